The summed E-state index contributed by atoms with van der Waals surface area (Å²) in [6, 6.07) is 8.57. The summed E-state index contributed by atoms with van der Waals surface area (Å²) in [4.78, 5) is 0. The highest BCUT2D eigenvalue weighted by atomic mass is 32.2. The normalized spacial score (nSPS) is 11.3. The lowest BCUT2D eigenvalue weighted by molar-refractivity contribution is 0.411. The van der Waals surface area contributed by atoms with E-state index in [0.29, 0.717) is 12.3 Å². The second kappa shape index (κ2) is 5.56. The van der Waals surface area contributed by atoms with Gasteiger partial charge in [-0.15, -0.1) is 0 Å². The smallest absolute Gasteiger partial charge is 0.271 e. The zero-order valence-corrected chi connectivity index (χ0v) is 12.0. The standard InChI is InChI=1S/C13H16N2O4S/c1-9-7-10(3-5-12(9)18-2)15-8-11-4-6-13(19-11)20(14,16)17/h3-7,15H,8H2,1-2H3,(H2,14,16,17). The van der Waals surface area contributed by atoms with E-state index in [0.717, 1.165) is 17.0 Å². The third-order valence-corrected chi connectivity index (χ3v) is 3.56. The van der Waals surface area contributed by atoms with Gasteiger partial charge in [-0.3, -0.25) is 0 Å². The summed E-state index contributed by atoms with van der Waals surface area (Å²) < 4.78 is 32.5. The van der Waals surface area contributed by atoms with Crippen molar-refractivity contribution in [1.29, 1.82) is 0 Å². The molecule has 1 heterocycles. The van der Waals surface area contributed by atoms with E-state index in [1.54, 1.807) is 13.2 Å². The molecule has 0 radical (unpaired) electrons. The van der Waals surface area contributed by atoms with E-state index in [1.165, 1.54) is 6.07 Å². The molecule has 0 saturated heterocycles. The molecule has 20 heavy (non-hydrogen) atoms. The van der Waals surface area contributed by atoms with Crippen LogP contribution in [0.1, 0.15) is 11.3 Å². The lowest BCUT2D eigenvalue weighted by Crippen LogP contribution is -2.10. The minimum absolute atomic E-state index is 0.236. The fourth-order valence-electron chi connectivity index (χ4n) is 1.78. The molecule has 108 valence electrons. The molecule has 0 saturated carbocycles. The van der Waals surface area contributed by atoms with Crippen LogP contribution in [0, 0.1) is 6.92 Å². The topological polar surface area (TPSA) is 94.6 Å². The van der Waals surface area contributed by atoms with E-state index in [2.05, 4.69) is 5.32 Å². The van der Waals surface area contributed by atoms with Gasteiger partial charge in [0.25, 0.3) is 10.0 Å². The minimum Gasteiger partial charge on any atom is -0.496 e. The third-order valence-electron chi connectivity index (χ3n) is 2.78. The van der Waals surface area contributed by atoms with Gasteiger partial charge in [-0.1, -0.05) is 0 Å². The lowest BCUT2D eigenvalue weighted by Gasteiger charge is -2.08. The summed E-state index contributed by atoms with van der Waals surface area (Å²) in [7, 11) is -2.17. The summed E-state index contributed by atoms with van der Waals surface area (Å²) in [6.45, 7) is 2.30. The number of nitrogens with two attached hydrogens (primary N) is 1. The van der Waals surface area contributed by atoms with Crippen molar-refractivity contribution in [2.45, 2.75) is 18.6 Å². The minimum atomic E-state index is -3.79. The summed E-state index contributed by atoms with van der Waals surface area (Å²) in [6.07, 6.45) is 0. The zero-order chi connectivity index (χ0) is 14.8. The number of furan rings is 1. The maximum Gasteiger partial charge on any atom is 0.271 e. The molecule has 0 spiro atoms. The number of primary sulfonamides is 1. The van der Waals surface area contributed by atoms with Crippen LogP contribution in [0.5, 0.6) is 5.75 Å². The summed E-state index contributed by atoms with van der Waals surface area (Å²) in [5.74, 6) is 1.30. The van der Waals surface area contributed by atoms with Crippen molar-refractivity contribution in [3.63, 3.8) is 0 Å². The average molecular weight is 296 g/mol. The van der Waals surface area contributed by atoms with Crippen molar-refractivity contribution in [2.24, 2.45) is 5.14 Å². The van der Waals surface area contributed by atoms with Crippen LogP contribution in [0.3, 0.4) is 0 Å². The van der Waals surface area contributed by atoms with Crippen LogP contribution in [-0.2, 0) is 16.6 Å². The van der Waals surface area contributed by atoms with Crippen LogP contribution in [-0.4, -0.2) is 15.5 Å². The predicted molar refractivity (Wildman–Crippen MR) is 75.1 cm³/mol. The number of ether oxygens (including phenoxy) is 1. The highest BCUT2D eigenvalue weighted by Crippen LogP contribution is 2.22. The van der Waals surface area contributed by atoms with Crippen molar-refractivity contribution in [2.75, 3.05) is 12.4 Å². The molecule has 0 atom stereocenters. The van der Waals surface area contributed by atoms with E-state index < -0.39 is 10.0 Å². The highest BCUT2D eigenvalue weighted by molar-refractivity contribution is 7.89. The number of rotatable bonds is 5. The van der Waals surface area contributed by atoms with E-state index >= 15 is 0 Å². The molecule has 0 bridgehead atoms. The van der Waals surface area contributed by atoms with Crippen LogP contribution in [0.2, 0.25) is 0 Å². The lowest BCUT2D eigenvalue weighted by atomic mass is 10.2. The maximum atomic E-state index is 11.1. The first-order chi connectivity index (χ1) is 9.40. The second-order valence-corrected chi connectivity index (χ2v) is 5.80. The van der Waals surface area contributed by atoms with Crippen molar-refractivity contribution in [3.8, 4) is 5.75 Å². The molecule has 2 aromatic rings. The van der Waals surface area contributed by atoms with Gasteiger partial charge in [-0.25, -0.2) is 13.6 Å². The fourth-order valence-corrected chi connectivity index (χ4v) is 2.26. The van der Waals surface area contributed by atoms with Gasteiger partial charge in [0.2, 0.25) is 5.09 Å². The molecule has 6 nitrogen and oxygen atoms in total. The maximum absolute atomic E-state index is 11.1. The first-order valence-electron chi connectivity index (χ1n) is 5.90. The molecule has 0 unspecified atom stereocenters. The van der Waals surface area contributed by atoms with Crippen molar-refractivity contribution < 1.29 is 17.6 Å². The Morgan fingerprint density at radius 3 is 2.60 bits per heavy atom. The predicted octanol–water partition coefficient (Wildman–Crippen LogP) is 1.86. The van der Waals surface area contributed by atoms with E-state index in [-0.39, 0.29) is 5.09 Å². The molecule has 0 aliphatic carbocycles. The molecule has 7 heteroatoms. The van der Waals surface area contributed by atoms with Gasteiger partial charge in [-0.05, 0) is 42.8 Å². The molecule has 1 aromatic heterocycles. The molecule has 2 rings (SSSR count). The second-order valence-electron chi connectivity index (χ2n) is 4.30. The molecule has 0 aliphatic rings. The first-order valence-corrected chi connectivity index (χ1v) is 7.45. The largest absolute Gasteiger partial charge is 0.496 e. The van der Waals surface area contributed by atoms with Gasteiger partial charge >= 0.3 is 0 Å². The molecule has 3 N–H and O–H groups in total. The van der Waals surface area contributed by atoms with E-state index in [1.807, 2.05) is 25.1 Å². The number of aryl methyl sites for hydroxylation is 1. The number of sulfonamides is 1. The monoisotopic (exact) mass is 296 g/mol. The Kier molecular flexibility index (Phi) is 4.01. The van der Waals surface area contributed by atoms with E-state index in [4.69, 9.17) is 14.3 Å². The Labute approximate surface area is 117 Å². The van der Waals surface area contributed by atoms with E-state index in [9.17, 15) is 8.42 Å². The number of hydrogen-bond acceptors (Lipinski definition) is 5. The quantitative estimate of drug-likeness (QED) is 0.878. The van der Waals surface area contributed by atoms with Gasteiger partial charge in [0.1, 0.15) is 11.5 Å². The van der Waals surface area contributed by atoms with Crippen LogP contribution < -0.4 is 15.2 Å². The highest BCUT2D eigenvalue weighted by Gasteiger charge is 2.13. The Morgan fingerprint density at radius 2 is 2.05 bits per heavy atom. The third kappa shape index (κ3) is 3.31. The van der Waals surface area contributed by atoms with Gasteiger partial charge in [0, 0.05) is 5.69 Å². The SMILES string of the molecule is COc1ccc(NCc2ccc(S(N)(=O)=O)o2)cc1C. The van der Waals surface area contributed by atoms with Crippen LogP contribution in [0.4, 0.5) is 5.69 Å². The Bertz CT molecular complexity index is 707. The number of methoxy groups -OCH3 is 1. The Morgan fingerprint density at radius 1 is 1.30 bits per heavy atom. The number of anilines is 1. The van der Waals surface area contributed by atoms with Crippen LogP contribution in [0.15, 0.2) is 39.8 Å². The van der Waals surface area contributed by atoms with Gasteiger partial charge in [0.05, 0.1) is 13.7 Å². The van der Waals surface area contributed by atoms with Crippen molar-refractivity contribution in [1.82, 2.24) is 0 Å². The zero-order valence-electron chi connectivity index (χ0n) is 11.2. The molecule has 0 amide bonds. The molecule has 0 fully saturated rings. The molecule has 0 aliphatic heterocycles. The van der Waals surface area contributed by atoms with Gasteiger partial charge in [-0.2, -0.15) is 0 Å². The van der Waals surface area contributed by atoms with Crippen LogP contribution in [0.25, 0.3) is 0 Å². The van der Waals surface area contributed by atoms with Crippen LogP contribution >= 0.6 is 0 Å². The first kappa shape index (κ1) is 14.4. The number of nitrogens with one attached hydrogen (secondary N) is 1. The van der Waals surface area contributed by atoms with Crippen molar-refractivity contribution in [3.05, 3.63) is 41.7 Å². The van der Waals surface area contributed by atoms with Gasteiger partial charge in [0.15, 0.2) is 0 Å². The fraction of sp³-hybridized carbons (Fsp3) is 0.231. The number of benzene rings is 1. The Hall–Kier alpha value is -1.99. The Balaban J connectivity index is 2.05. The molecule has 1 aromatic carbocycles. The van der Waals surface area contributed by atoms with Gasteiger partial charge < -0.3 is 14.5 Å². The summed E-state index contributed by atoms with van der Waals surface area (Å²) in [5, 5.41) is 7.87. The van der Waals surface area contributed by atoms with Crippen molar-refractivity contribution >= 4 is 15.7 Å². The molecular weight excluding hydrogens is 280 g/mol. The molecular formula is C13H16N2O4S. The summed E-state index contributed by atoms with van der Waals surface area (Å²) in [5.41, 5.74) is 1.89. The average Bonchev–Trinajstić information content (AvgIpc) is 2.85. The summed E-state index contributed by atoms with van der Waals surface area (Å²) >= 11 is 0. The number of hydrogen-bond donors (Lipinski definition) is 2.